The number of nitrogens with zero attached hydrogens (tertiary/aromatic N) is 4. The molecule has 3 aromatic rings. The number of anilines is 1. The topological polar surface area (TPSA) is 57.3 Å². The number of benzene rings is 1. The Labute approximate surface area is 163 Å². The summed E-state index contributed by atoms with van der Waals surface area (Å²) in [5.74, 6) is 1.87. The average Bonchev–Trinajstić information content (AvgIpc) is 3.28. The van der Waals surface area contributed by atoms with Gasteiger partial charge in [-0.05, 0) is 31.0 Å². The van der Waals surface area contributed by atoms with Crippen LogP contribution in [0.25, 0.3) is 11.0 Å². The van der Waals surface area contributed by atoms with E-state index in [-0.39, 0.29) is 5.54 Å². The maximum atomic E-state index is 5.88. The van der Waals surface area contributed by atoms with Gasteiger partial charge in [-0.3, -0.25) is 0 Å². The molecule has 1 saturated carbocycles. The van der Waals surface area contributed by atoms with E-state index in [1.165, 1.54) is 0 Å². The monoisotopic (exact) mass is 379 g/mol. The predicted octanol–water partition coefficient (Wildman–Crippen LogP) is 3.02. The molecule has 3 heterocycles. The highest BCUT2D eigenvalue weighted by molar-refractivity contribution is 7.80. The standard InChI is InChI=1S/C20H21N5OS/c27-17(12-26-15-4-2-1-3-5-15)25-11-10-24(13-20(25)7-8-20)19-16-6-9-21-18(16)22-14-23-19/h1-6,9,14H,7-8,10-13H2,(H,21,22,23). The Bertz CT molecular complexity index is 969. The summed E-state index contributed by atoms with van der Waals surface area (Å²) in [6.07, 6.45) is 5.88. The van der Waals surface area contributed by atoms with Crippen molar-refractivity contribution in [1.82, 2.24) is 19.9 Å². The lowest BCUT2D eigenvalue weighted by Gasteiger charge is -2.44. The zero-order valence-corrected chi connectivity index (χ0v) is 15.8. The largest absolute Gasteiger partial charge is 0.486 e. The van der Waals surface area contributed by atoms with Gasteiger partial charge in [-0.25, -0.2) is 9.97 Å². The van der Waals surface area contributed by atoms with E-state index < -0.39 is 0 Å². The summed E-state index contributed by atoms with van der Waals surface area (Å²) in [6, 6.07) is 11.9. The van der Waals surface area contributed by atoms with E-state index in [0.717, 1.165) is 60.1 Å². The number of aromatic amines is 1. The molecule has 0 atom stereocenters. The molecular formula is C20H21N5OS. The van der Waals surface area contributed by atoms with Gasteiger partial charge in [0, 0.05) is 25.8 Å². The van der Waals surface area contributed by atoms with Gasteiger partial charge < -0.3 is 19.5 Å². The highest BCUT2D eigenvalue weighted by Gasteiger charge is 2.52. The Kier molecular flexibility index (Phi) is 3.97. The minimum absolute atomic E-state index is 0.128. The zero-order chi connectivity index (χ0) is 18.3. The van der Waals surface area contributed by atoms with E-state index in [1.54, 1.807) is 6.33 Å². The highest BCUT2D eigenvalue weighted by Crippen LogP contribution is 2.45. The average molecular weight is 379 g/mol. The van der Waals surface area contributed by atoms with Crippen LogP contribution in [0.1, 0.15) is 12.8 Å². The van der Waals surface area contributed by atoms with E-state index in [4.69, 9.17) is 17.0 Å². The van der Waals surface area contributed by atoms with Gasteiger partial charge in [0.25, 0.3) is 0 Å². The van der Waals surface area contributed by atoms with Gasteiger partial charge in [-0.15, -0.1) is 0 Å². The van der Waals surface area contributed by atoms with Crippen LogP contribution in [-0.2, 0) is 0 Å². The first-order chi connectivity index (χ1) is 13.3. The molecular weight excluding hydrogens is 358 g/mol. The number of aromatic nitrogens is 3. The molecule has 2 aromatic heterocycles. The second-order valence-electron chi connectivity index (χ2n) is 7.23. The SMILES string of the molecule is S=C(COc1ccccc1)N1CCN(c2ncnc3[nH]ccc23)CC12CC2. The Morgan fingerprint density at radius 3 is 2.81 bits per heavy atom. The van der Waals surface area contributed by atoms with Crippen molar-refractivity contribution in [2.45, 2.75) is 18.4 Å². The highest BCUT2D eigenvalue weighted by atomic mass is 32.1. The molecule has 1 saturated heterocycles. The Morgan fingerprint density at radius 2 is 2.00 bits per heavy atom. The van der Waals surface area contributed by atoms with Crippen molar-refractivity contribution in [3.8, 4) is 5.75 Å². The molecule has 1 spiro atoms. The molecule has 0 unspecified atom stereocenters. The third-order valence-electron chi connectivity index (χ3n) is 5.52. The molecule has 27 heavy (non-hydrogen) atoms. The molecule has 2 aliphatic rings. The molecule has 7 heteroatoms. The molecule has 0 radical (unpaired) electrons. The quantitative estimate of drug-likeness (QED) is 0.704. The number of hydrogen-bond acceptors (Lipinski definition) is 5. The fourth-order valence-corrected chi connectivity index (χ4v) is 4.31. The normalized spacial score (nSPS) is 18.1. The van der Waals surface area contributed by atoms with Gasteiger partial charge in [0.15, 0.2) is 0 Å². The van der Waals surface area contributed by atoms with Crippen molar-refractivity contribution in [3.05, 3.63) is 48.9 Å². The first-order valence-electron chi connectivity index (χ1n) is 9.27. The first-order valence-corrected chi connectivity index (χ1v) is 9.67. The summed E-state index contributed by atoms with van der Waals surface area (Å²) < 4.78 is 5.88. The van der Waals surface area contributed by atoms with Crippen LogP contribution in [0.2, 0.25) is 0 Å². The van der Waals surface area contributed by atoms with Crippen LogP contribution in [-0.4, -0.2) is 56.6 Å². The summed E-state index contributed by atoms with van der Waals surface area (Å²) in [6.45, 7) is 3.18. The zero-order valence-electron chi connectivity index (χ0n) is 15.0. The lowest BCUT2D eigenvalue weighted by atomic mass is 10.1. The van der Waals surface area contributed by atoms with E-state index in [0.29, 0.717) is 6.61 Å². The lowest BCUT2D eigenvalue weighted by molar-refractivity contribution is 0.245. The summed E-state index contributed by atoms with van der Waals surface area (Å²) in [5.41, 5.74) is 1.02. The molecule has 1 N–H and O–H groups in total. The number of thiocarbonyl (C=S) groups is 1. The van der Waals surface area contributed by atoms with Crippen LogP contribution in [0.4, 0.5) is 5.82 Å². The summed E-state index contributed by atoms with van der Waals surface area (Å²) >= 11 is 5.73. The van der Waals surface area contributed by atoms with Crippen molar-refractivity contribution >= 4 is 34.1 Å². The van der Waals surface area contributed by atoms with E-state index in [9.17, 15) is 0 Å². The molecule has 6 nitrogen and oxygen atoms in total. The van der Waals surface area contributed by atoms with Gasteiger partial charge in [-0.1, -0.05) is 30.4 Å². The van der Waals surface area contributed by atoms with Crippen LogP contribution in [0.15, 0.2) is 48.9 Å². The Balaban J connectivity index is 1.30. The fourth-order valence-electron chi connectivity index (χ4n) is 3.97. The smallest absolute Gasteiger partial charge is 0.142 e. The third kappa shape index (κ3) is 3.02. The minimum atomic E-state index is 0.128. The maximum absolute atomic E-state index is 5.88. The number of ether oxygens (including phenoxy) is 1. The third-order valence-corrected chi connectivity index (χ3v) is 5.86. The Morgan fingerprint density at radius 1 is 1.15 bits per heavy atom. The summed E-state index contributed by atoms with van der Waals surface area (Å²) in [5, 5.41) is 1.08. The first kappa shape index (κ1) is 16.5. The van der Waals surface area contributed by atoms with E-state index in [1.807, 2.05) is 36.5 Å². The summed E-state index contributed by atoms with van der Waals surface area (Å²) in [4.78, 5) is 17.7. The van der Waals surface area contributed by atoms with Gasteiger partial charge >= 0.3 is 0 Å². The number of piperazine rings is 1. The fraction of sp³-hybridized carbons (Fsp3) is 0.350. The van der Waals surface area contributed by atoms with Crippen molar-refractivity contribution in [3.63, 3.8) is 0 Å². The van der Waals surface area contributed by atoms with Crippen molar-refractivity contribution in [1.29, 1.82) is 0 Å². The summed E-state index contributed by atoms with van der Waals surface area (Å²) in [7, 11) is 0. The number of nitrogens with one attached hydrogen (secondary N) is 1. The molecule has 0 bridgehead atoms. The number of H-pyrrole nitrogens is 1. The molecule has 1 aromatic carbocycles. The van der Waals surface area contributed by atoms with E-state index >= 15 is 0 Å². The van der Waals surface area contributed by atoms with Gasteiger partial charge in [-0.2, -0.15) is 0 Å². The van der Waals surface area contributed by atoms with Crippen molar-refractivity contribution in [2.75, 3.05) is 31.1 Å². The number of hydrogen-bond donors (Lipinski definition) is 1. The van der Waals surface area contributed by atoms with E-state index in [2.05, 4.69) is 30.8 Å². The Hall–Kier alpha value is -2.67. The predicted molar refractivity (Wildman–Crippen MR) is 109 cm³/mol. The maximum Gasteiger partial charge on any atom is 0.142 e. The number of rotatable bonds is 4. The lowest BCUT2D eigenvalue weighted by Crippen LogP contribution is -2.57. The molecule has 2 fully saturated rings. The number of fused-ring (bicyclic) bond motifs is 1. The molecule has 5 rings (SSSR count). The van der Waals surface area contributed by atoms with Gasteiger partial charge in [0.1, 0.15) is 35.1 Å². The minimum Gasteiger partial charge on any atom is -0.486 e. The van der Waals surface area contributed by atoms with Gasteiger partial charge in [0.05, 0.1) is 10.9 Å². The van der Waals surface area contributed by atoms with Crippen LogP contribution < -0.4 is 9.64 Å². The molecule has 1 aliphatic heterocycles. The van der Waals surface area contributed by atoms with Crippen molar-refractivity contribution in [2.24, 2.45) is 0 Å². The van der Waals surface area contributed by atoms with Crippen molar-refractivity contribution < 1.29 is 4.74 Å². The second kappa shape index (κ2) is 6.49. The molecule has 0 amide bonds. The van der Waals surface area contributed by atoms with Crippen LogP contribution in [0, 0.1) is 0 Å². The molecule has 138 valence electrons. The molecule has 1 aliphatic carbocycles. The number of para-hydroxylation sites is 1. The van der Waals surface area contributed by atoms with Crippen LogP contribution in [0.3, 0.4) is 0 Å². The second-order valence-corrected chi connectivity index (χ2v) is 7.70. The van der Waals surface area contributed by atoms with Crippen LogP contribution >= 0.6 is 12.2 Å². The van der Waals surface area contributed by atoms with Crippen LogP contribution in [0.5, 0.6) is 5.75 Å². The van der Waals surface area contributed by atoms with Gasteiger partial charge in [0.2, 0.25) is 0 Å².